The molecule has 0 saturated carbocycles. The van der Waals surface area contributed by atoms with Crippen LogP contribution in [0.15, 0.2) is 0 Å². The number of β-lactam (4-membered cyclic amide) rings is 1. The summed E-state index contributed by atoms with van der Waals surface area (Å²) in [5, 5.41) is 8.99. The SMILES string of the molecule is COC(=O)C1N2C(=O)C(CO)[C@H]2SC1(C)C. The van der Waals surface area contributed by atoms with Crippen LogP contribution in [0.3, 0.4) is 0 Å². The molecule has 2 aliphatic rings. The molecule has 90 valence electrons. The predicted molar refractivity (Wildman–Crippen MR) is 58.7 cm³/mol. The number of carbonyl (C=O) groups is 2. The summed E-state index contributed by atoms with van der Waals surface area (Å²) in [6.07, 6.45) is 0. The Bertz CT molecular complexity index is 344. The van der Waals surface area contributed by atoms with E-state index < -0.39 is 6.04 Å². The number of hydrogen-bond acceptors (Lipinski definition) is 5. The van der Waals surface area contributed by atoms with E-state index in [2.05, 4.69) is 0 Å². The maximum absolute atomic E-state index is 11.7. The standard InChI is InChI=1S/C10H15NO4S/c1-10(2)6(9(14)15-3)11-7(13)5(4-12)8(11)16-10/h5-6,8,12H,4H2,1-3H3/t5?,6?,8-/m1/s1. The lowest BCUT2D eigenvalue weighted by Gasteiger charge is -2.43. The minimum absolute atomic E-state index is 0.0865. The van der Waals surface area contributed by atoms with Crippen LogP contribution < -0.4 is 0 Å². The Hall–Kier alpha value is -0.750. The van der Waals surface area contributed by atoms with E-state index in [-0.39, 0.29) is 34.5 Å². The lowest BCUT2D eigenvalue weighted by Crippen LogP contribution is -2.63. The minimum atomic E-state index is -0.539. The Morgan fingerprint density at radius 2 is 2.25 bits per heavy atom. The number of esters is 1. The fourth-order valence-electron chi connectivity index (χ4n) is 2.35. The number of carbonyl (C=O) groups excluding carboxylic acids is 2. The fourth-order valence-corrected chi connectivity index (χ4v) is 4.02. The quantitative estimate of drug-likeness (QED) is 0.540. The van der Waals surface area contributed by atoms with Crippen LogP contribution in [0.5, 0.6) is 0 Å². The molecule has 0 spiro atoms. The molecule has 2 rings (SSSR count). The van der Waals surface area contributed by atoms with Crippen LogP contribution in [0.25, 0.3) is 0 Å². The number of thioether (sulfide) groups is 1. The van der Waals surface area contributed by atoms with Crippen LogP contribution in [0, 0.1) is 5.92 Å². The Labute approximate surface area is 98.1 Å². The van der Waals surface area contributed by atoms with Crippen molar-refractivity contribution >= 4 is 23.6 Å². The van der Waals surface area contributed by atoms with Crippen LogP contribution in [0.2, 0.25) is 0 Å². The van der Waals surface area contributed by atoms with Crippen molar-refractivity contribution in [2.45, 2.75) is 30.0 Å². The van der Waals surface area contributed by atoms with Gasteiger partial charge in [0.2, 0.25) is 5.91 Å². The largest absolute Gasteiger partial charge is 0.467 e. The van der Waals surface area contributed by atoms with E-state index in [9.17, 15) is 9.59 Å². The van der Waals surface area contributed by atoms with Crippen LogP contribution >= 0.6 is 11.8 Å². The van der Waals surface area contributed by atoms with Gasteiger partial charge in [0.15, 0.2) is 0 Å². The average Bonchev–Trinajstić information content (AvgIpc) is 2.47. The first-order valence-corrected chi connectivity index (χ1v) is 6.00. The molecule has 0 bridgehead atoms. The molecule has 16 heavy (non-hydrogen) atoms. The van der Waals surface area contributed by atoms with Crippen molar-refractivity contribution < 1.29 is 19.4 Å². The van der Waals surface area contributed by atoms with Gasteiger partial charge in [-0.25, -0.2) is 4.79 Å². The van der Waals surface area contributed by atoms with Crippen LogP contribution in [0.1, 0.15) is 13.8 Å². The summed E-state index contributed by atoms with van der Waals surface area (Å²) in [7, 11) is 1.32. The number of aliphatic hydroxyl groups is 1. The third-order valence-corrected chi connectivity index (χ3v) is 4.80. The molecule has 1 amide bonds. The average molecular weight is 245 g/mol. The fraction of sp³-hybridized carbons (Fsp3) is 0.800. The van der Waals surface area contributed by atoms with Gasteiger partial charge in [-0.1, -0.05) is 0 Å². The van der Waals surface area contributed by atoms with E-state index in [0.717, 1.165) is 0 Å². The number of fused-ring (bicyclic) bond motifs is 1. The van der Waals surface area contributed by atoms with E-state index in [4.69, 9.17) is 9.84 Å². The Balaban J connectivity index is 2.26. The molecular weight excluding hydrogens is 230 g/mol. The predicted octanol–water partition coefficient (Wildman–Crippen LogP) is -0.170. The molecule has 0 aromatic rings. The topological polar surface area (TPSA) is 66.8 Å². The molecule has 2 fully saturated rings. The van der Waals surface area contributed by atoms with E-state index in [1.807, 2.05) is 13.8 Å². The summed E-state index contributed by atoms with van der Waals surface area (Å²) in [5.41, 5.74) is 0. The third kappa shape index (κ3) is 1.36. The van der Waals surface area contributed by atoms with Gasteiger partial charge in [-0.3, -0.25) is 4.79 Å². The Morgan fingerprint density at radius 3 is 2.75 bits per heavy atom. The summed E-state index contributed by atoms with van der Waals surface area (Å²) in [6.45, 7) is 3.68. The normalized spacial score (nSPS) is 35.6. The van der Waals surface area contributed by atoms with Crippen molar-refractivity contribution in [1.29, 1.82) is 0 Å². The highest BCUT2D eigenvalue weighted by molar-refractivity contribution is 8.01. The van der Waals surface area contributed by atoms with Gasteiger partial charge in [-0.05, 0) is 13.8 Å². The van der Waals surface area contributed by atoms with Gasteiger partial charge in [-0.2, -0.15) is 0 Å². The minimum Gasteiger partial charge on any atom is -0.467 e. The van der Waals surface area contributed by atoms with Gasteiger partial charge < -0.3 is 14.7 Å². The van der Waals surface area contributed by atoms with Gasteiger partial charge in [-0.15, -0.1) is 11.8 Å². The summed E-state index contributed by atoms with van der Waals surface area (Å²) >= 11 is 1.55. The molecule has 5 nitrogen and oxygen atoms in total. The first-order chi connectivity index (χ1) is 7.44. The molecule has 1 N–H and O–H groups in total. The van der Waals surface area contributed by atoms with Crippen molar-refractivity contribution in [3.8, 4) is 0 Å². The zero-order chi connectivity index (χ0) is 12.1. The Morgan fingerprint density at radius 1 is 1.62 bits per heavy atom. The second-order valence-corrected chi connectivity index (χ2v) is 6.34. The second-order valence-electron chi connectivity index (χ2n) is 4.57. The van der Waals surface area contributed by atoms with Crippen molar-refractivity contribution in [3.63, 3.8) is 0 Å². The third-order valence-electron chi connectivity index (χ3n) is 3.17. The highest BCUT2D eigenvalue weighted by Crippen LogP contribution is 2.53. The highest BCUT2D eigenvalue weighted by Gasteiger charge is 2.63. The molecular formula is C10H15NO4S. The maximum Gasteiger partial charge on any atom is 0.330 e. The summed E-state index contributed by atoms with van der Waals surface area (Å²) in [5.74, 6) is -0.898. The number of amides is 1. The number of methoxy groups -OCH3 is 1. The van der Waals surface area contributed by atoms with E-state index in [1.54, 1.807) is 11.8 Å². The number of hydrogen-bond donors (Lipinski definition) is 1. The molecule has 2 unspecified atom stereocenters. The Kier molecular flexibility index (Phi) is 2.66. The second kappa shape index (κ2) is 3.63. The zero-order valence-corrected chi connectivity index (χ0v) is 10.3. The monoisotopic (exact) mass is 245 g/mol. The number of nitrogens with zero attached hydrogens (tertiary/aromatic N) is 1. The zero-order valence-electron chi connectivity index (χ0n) is 9.47. The van der Waals surface area contributed by atoms with Gasteiger partial charge >= 0.3 is 5.97 Å². The lowest BCUT2D eigenvalue weighted by atomic mass is 9.92. The molecule has 2 saturated heterocycles. The van der Waals surface area contributed by atoms with Gasteiger partial charge in [0.05, 0.1) is 25.0 Å². The molecule has 3 atom stereocenters. The summed E-state index contributed by atoms with van der Waals surface area (Å²) in [6, 6.07) is -0.539. The molecule has 0 aromatic heterocycles. The van der Waals surface area contributed by atoms with Crippen molar-refractivity contribution in [2.75, 3.05) is 13.7 Å². The number of aliphatic hydroxyl groups excluding tert-OH is 1. The first-order valence-electron chi connectivity index (χ1n) is 5.12. The highest BCUT2D eigenvalue weighted by atomic mass is 32.2. The van der Waals surface area contributed by atoms with Crippen LogP contribution in [-0.4, -0.2) is 51.8 Å². The molecule has 2 aliphatic heterocycles. The van der Waals surface area contributed by atoms with Crippen molar-refractivity contribution in [3.05, 3.63) is 0 Å². The van der Waals surface area contributed by atoms with Crippen LogP contribution in [-0.2, 0) is 14.3 Å². The maximum atomic E-state index is 11.7. The number of ether oxygens (including phenoxy) is 1. The first kappa shape index (κ1) is 11.7. The van der Waals surface area contributed by atoms with Crippen molar-refractivity contribution in [2.24, 2.45) is 5.92 Å². The lowest BCUT2D eigenvalue weighted by molar-refractivity contribution is -0.166. The molecule has 6 heteroatoms. The summed E-state index contributed by atoms with van der Waals surface area (Å²) < 4.78 is 4.37. The molecule has 2 heterocycles. The van der Waals surface area contributed by atoms with Gasteiger partial charge in [0, 0.05) is 4.75 Å². The number of rotatable bonds is 2. The smallest absolute Gasteiger partial charge is 0.330 e. The molecule has 0 aromatic carbocycles. The van der Waals surface area contributed by atoms with Crippen molar-refractivity contribution in [1.82, 2.24) is 4.90 Å². The van der Waals surface area contributed by atoms with E-state index in [0.29, 0.717) is 0 Å². The molecule has 0 aliphatic carbocycles. The van der Waals surface area contributed by atoms with Gasteiger partial charge in [0.25, 0.3) is 0 Å². The van der Waals surface area contributed by atoms with Gasteiger partial charge in [0.1, 0.15) is 6.04 Å². The van der Waals surface area contributed by atoms with Crippen LogP contribution in [0.4, 0.5) is 0 Å². The van der Waals surface area contributed by atoms with E-state index in [1.165, 1.54) is 12.0 Å². The molecule has 0 radical (unpaired) electrons. The van der Waals surface area contributed by atoms with E-state index >= 15 is 0 Å². The summed E-state index contributed by atoms with van der Waals surface area (Å²) in [4.78, 5) is 24.9.